The first-order valence-corrected chi connectivity index (χ1v) is 6.41. The molecule has 2 heteroatoms. The summed E-state index contributed by atoms with van der Waals surface area (Å²) in [5.74, 6) is 0. The van der Waals surface area contributed by atoms with Crippen LogP contribution in [0.15, 0.2) is 0 Å². The average Bonchev–Trinajstić information content (AvgIpc) is 2.14. The van der Waals surface area contributed by atoms with Crippen LogP contribution in [0.25, 0.3) is 0 Å². The number of nitrogens with zero attached hydrogens (tertiary/aromatic N) is 1. The second-order valence-electron chi connectivity index (χ2n) is 5.43. The Labute approximate surface area is 96.4 Å². The SMILES string of the molecule is CCCCN(C)CC(C)(C)CNCCC. The molecule has 0 aromatic carbocycles. The Morgan fingerprint density at radius 2 is 1.80 bits per heavy atom. The third-order valence-electron chi connectivity index (χ3n) is 2.62. The lowest BCUT2D eigenvalue weighted by Crippen LogP contribution is -2.39. The van der Waals surface area contributed by atoms with Crippen LogP contribution in [0.3, 0.4) is 0 Å². The second kappa shape index (κ2) is 8.12. The van der Waals surface area contributed by atoms with E-state index in [1.54, 1.807) is 0 Å². The lowest BCUT2D eigenvalue weighted by atomic mass is 9.92. The fourth-order valence-corrected chi connectivity index (χ4v) is 1.90. The quantitative estimate of drug-likeness (QED) is 0.594. The van der Waals surface area contributed by atoms with Crippen LogP contribution < -0.4 is 5.32 Å². The number of hydrogen-bond donors (Lipinski definition) is 1. The molecule has 0 aliphatic heterocycles. The summed E-state index contributed by atoms with van der Waals surface area (Å²) in [6.07, 6.45) is 3.83. The summed E-state index contributed by atoms with van der Waals surface area (Å²) in [7, 11) is 2.23. The summed E-state index contributed by atoms with van der Waals surface area (Å²) in [6.45, 7) is 13.8. The third kappa shape index (κ3) is 8.88. The number of unbranched alkanes of at least 4 members (excludes halogenated alkanes) is 1. The molecule has 0 unspecified atom stereocenters. The first-order chi connectivity index (χ1) is 7.02. The van der Waals surface area contributed by atoms with Gasteiger partial charge in [-0.2, -0.15) is 0 Å². The van der Waals surface area contributed by atoms with E-state index in [9.17, 15) is 0 Å². The van der Waals surface area contributed by atoms with E-state index in [0.717, 1.165) is 13.1 Å². The molecular weight excluding hydrogens is 184 g/mol. The Bertz CT molecular complexity index is 143. The van der Waals surface area contributed by atoms with Crippen LogP contribution in [0.5, 0.6) is 0 Å². The Morgan fingerprint density at radius 1 is 1.13 bits per heavy atom. The van der Waals surface area contributed by atoms with E-state index < -0.39 is 0 Å². The molecule has 0 spiro atoms. The van der Waals surface area contributed by atoms with Crippen molar-refractivity contribution >= 4 is 0 Å². The second-order valence-corrected chi connectivity index (χ2v) is 5.43. The molecule has 2 nitrogen and oxygen atoms in total. The Kier molecular flexibility index (Phi) is 8.07. The third-order valence-corrected chi connectivity index (χ3v) is 2.62. The molecular formula is C13H30N2. The van der Waals surface area contributed by atoms with Gasteiger partial charge in [0.15, 0.2) is 0 Å². The van der Waals surface area contributed by atoms with Gasteiger partial charge in [0.1, 0.15) is 0 Å². The Morgan fingerprint density at radius 3 is 2.33 bits per heavy atom. The van der Waals surface area contributed by atoms with E-state index >= 15 is 0 Å². The number of hydrogen-bond acceptors (Lipinski definition) is 2. The summed E-state index contributed by atoms with van der Waals surface area (Å²) in [5.41, 5.74) is 0.387. The summed E-state index contributed by atoms with van der Waals surface area (Å²) in [5, 5.41) is 3.51. The zero-order valence-electron chi connectivity index (χ0n) is 11.4. The molecule has 0 saturated carbocycles. The molecule has 92 valence electrons. The minimum atomic E-state index is 0.387. The Hall–Kier alpha value is -0.0800. The van der Waals surface area contributed by atoms with Crippen molar-refractivity contribution in [3.8, 4) is 0 Å². The van der Waals surface area contributed by atoms with Gasteiger partial charge < -0.3 is 10.2 Å². The molecule has 0 atom stereocenters. The summed E-state index contributed by atoms with van der Waals surface area (Å²) in [4.78, 5) is 2.46. The molecule has 0 aromatic heterocycles. The van der Waals surface area contributed by atoms with Crippen LogP contribution in [0.4, 0.5) is 0 Å². The maximum absolute atomic E-state index is 3.51. The minimum absolute atomic E-state index is 0.387. The standard InChI is InChI=1S/C13H30N2/c1-6-8-10-15(5)12-13(3,4)11-14-9-7-2/h14H,6-12H2,1-5H3. The van der Waals surface area contributed by atoms with Gasteiger partial charge in [0.2, 0.25) is 0 Å². The fourth-order valence-electron chi connectivity index (χ4n) is 1.90. The molecule has 0 aromatic rings. The predicted molar refractivity (Wildman–Crippen MR) is 69.3 cm³/mol. The van der Waals surface area contributed by atoms with Gasteiger partial charge in [0, 0.05) is 13.1 Å². The lowest BCUT2D eigenvalue weighted by Gasteiger charge is -2.30. The van der Waals surface area contributed by atoms with Gasteiger partial charge in [-0.3, -0.25) is 0 Å². The highest BCUT2D eigenvalue weighted by molar-refractivity contribution is 4.74. The van der Waals surface area contributed by atoms with E-state index in [-0.39, 0.29) is 0 Å². The smallest absolute Gasteiger partial charge is 0.00418 e. The van der Waals surface area contributed by atoms with E-state index in [1.807, 2.05) is 0 Å². The van der Waals surface area contributed by atoms with Crippen LogP contribution in [0, 0.1) is 5.41 Å². The average molecular weight is 214 g/mol. The van der Waals surface area contributed by atoms with Crippen molar-refractivity contribution < 1.29 is 0 Å². The molecule has 0 fully saturated rings. The molecule has 0 bridgehead atoms. The van der Waals surface area contributed by atoms with Crippen LogP contribution >= 0.6 is 0 Å². The van der Waals surface area contributed by atoms with Crippen molar-refractivity contribution in [2.45, 2.75) is 47.0 Å². The maximum Gasteiger partial charge on any atom is 0.00418 e. The molecule has 0 heterocycles. The Balaban J connectivity index is 3.69. The molecule has 15 heavy (non-hydrogen) atoms. The van der Waals surface area contributed by atoms with E-state index in [1.165, 1.54) is 32.4 Å². The largest absolute Gasteiger partial charge is 0.316 e. The number of nitrogens with one attached hydrogen (secondary N) is 1. The molecule has 0 aliphatic carbocycles. The maximum atomic E-state index is 3.51. The van der Waals surface area contributed by atoms with Crippen molar-refractivity contribution in [1.29, 1.82) is 0 Å². The van der Waals surface area contributed by atoms with E-state index in [0.29, 0.717) is 5.41 Å². The molecule has 0 saturated heterocycles. The normalized spacial score (nSPS) is 12.4. The first kappa shape index (κ1) is 14.9. The number of rotatable bonds is 9. The highest BCUT2D eigenvalue weighted by Gasteiger charge is 2.19. The molecule has 0 radical (unpaired) electrons. The zero-order valence-corrected chi connectivity index (χ0v) is 11.4. The monoisotopic (exact) mass is 214 g/mol. The zero-order chi connectivity index (χ0) is 11.7. The summed E-state index contributed by atoms with van der Waals surface area (Å²) >= 11 is 0. The highest BCUT2D eigenvalue weighted by Crippen LogP contribution is 2.15. The fraction of sp³-hybridized carbons (Fsp3) is 1.00. The van der Waals surface area contributed by atoms with E-state index in [4.69, 9.17) is 0 Å². The lowest BCUT2D eigenvalue weighted by molar-refractivity contribution is 0.202. The van der Waals surface area contributed by atoms with Crippen LogP contribution in [-0.4, -0.2) is 38.1 Å². The van der Waals surface area contributed by atoms with Crippen LogP contribution in [-0.2, 0) is 0 Å². The van der Waals surface area contributed by atoms with Gasteiger partial charge in [0.25, 0.3) is 0 Å². The van der Waals surface area contributed by atoms with Crippen molar-refractivity contribution in [1.82, 2.24) is 10.2 Å². The highest BCUT2D eigenvalue weighted by atomic mass is 15.1. The summed E-state index contributed by atoms with van der Waals surface area (Å²) < 4.78 is 0. The topological polar surface area (TPSA) is 15.3 Å². The van der Waals surface area contributed by atoms with Crippen molar-refractivity contribution in [3.05, 3.63) is 0 Å². The van der Waals surface area contributed by atoms with Gasteiger partial charge in [0.05, 0.1) is 0 Å². The summed E-state index contributed by atoms with van der Waals surface area (Å²) in [6, 6.07) is 0. The van der Waals surface area contributed by atoms with E-state index in [2.05, 4.69) is 45.0 Å². The van der Waals surface area contributed by atoms with Gasteiger partial charge in [-0.15, -0.1) is 0 Å². The van der Waals surface area contributed by atoms with Crippen molar-refractivity contribution in [2.75, 3.05) is 33.2 Å². The molecule has 0 rings (SSSR count). The minimum Gasteiger partial charge on any atom is -0.316 e. The van der Waals surface area contributed by atoms with Gasteiger partial charge in [-0.25, -0.2) is 0 Å². The van der Waals surface area contributed by atoms with Gasteiger partial charge >= 0.3 is 0 Å². The molecule has 0 aliphatic rings. The van der Waals surface area contributed by atoms with Gasteiger partial charge in [-0.05, 0) is 38.4 Å². The molecule has 0 amide bonds. The molecule has 1 N–H and O–H groups in total. The van der Waals surface area contributed by atoms with Crippen LogP contribution in [0.2, 0.25) is 0 Å². The van der Waals surface area contributed by atoms with Crippen LogP contribution in [0.1, 0.15) is 47.0 Å². The van der Waals surface area contributed by atoms with Crippen molar-refractivity contribution in [2.24, 2.45) is 5.41 Å². The first-order valence-electron chi connectivity index (χ1n) is 6.41. The van der Waals surface area contributed by atoms with Gasteiger partial charge in [-0.1, -0.05) is 34.1 Å². The van der Waals surface area contributed by atoms with Crippen molar-refractivity contribution in [3.63, 3.8) is 0 Å². The predicted octanol–water partition coefficient (Wildman–Crippen LogP) is 2.74.